The zero-order valence-corrected chi connectivity index (χ0v) is 12.6. The van der Waals surface area contributed by atoms with Gasteiger partial charge >= 0.3 is 121 Å². The molecule has 18 heavy (non-hydrogen) atoms. The topological polar surface area (TPSA) is 12.9 Å². The molecule has 0 aliphatic rings. The van der Waals surface area contributed by atoms with Crippen LogP contribution in [0.5, 0.6) is 0 Å². The Balaban J connectivity index is 2.02. The van der Waals surface area contributed by atoms with Crippen molar-refractivity contribution >= 4 is 50.6 Å². The van der Waals surface area contributed by atoms with Gasteiger partial charge in [0.15, 0.2) is 0 Å². The van der Waals surface area contributed by atoms with Crippen LogP contribution in [-0.2, 0) is 0 Å². The summed E-state index contributed by atoms with van der Waals surface area (Å²) in [6.07, 6.45) is 1.86. The molecule has 88 valence electrons. The van der Waals surface area contributed by atoms with E-state index in [0.29, 0.717) is 0 Å². The van der Waals surface area contributed by atoms with E-state index in [1.807, 2.05) is 24.4 Å². The fourth-order valence-corrected chi connectivity index (χ4v) is 4.60. The average Bonchev–Trinajstić information content (AvgIpc) is 2.42. The molecule has 0 saturated carbocycles. The molecule has 1 nitrogen and oxygen atoms in total. The summed E-state index contributed by atoms with van der Waals surface area (Å²) >= 11 is 5.51. The summed E-state index contributed by atoms with van der Waals surface area (Å²) < 4.78 is 2.75. The molecule has 3 rings (SSSR count). The van der Waals surface area contributed by atoms with Crippen LogP contribution in [0.3, 0.4) is 0 Å². The van der Waals surface area contributed by atoms with Crippen LogP contribution in [0.25, 0.3) is 10.9 Å². The van der Waals surface area contributed by atoms with E-state index in [2.05, 4.69) is 41.4 Å². The minimum absolute atomic E-state index is 0.405. The van der Waals surface area contributed by atoms with Crippen LogP contribution >= 0.6 is 11.6 Å². The second-order valence-electron chi connectivity index (χ2n) is 3.89. The molecule has 0 aliphatic carbocycles. The molecule has 0 atom stereocenters. The number of halogens is 1. The summed E-state index contributed by atoms with van der Waals surface area (Å²) in [4.78, 5) is 4.50. The van der Waals surface area contributed by atoms with Crippen LogP contribution in [0.4, 0.5) is 0 Å². The number of para-hydroxylation sites is 1. The van der Waals surface area contributed by atoms with Crippen molar-refractivity contribution < 1.29 is 0 Å². The summed E-state index contributed by atoms with van der Waals surface area (Å²) in [7, 11) is 0. The van der Waals surface area contributed by atoms with Crippen molar-refractivity contribution in [2.75, 3.05) is 0 Å². The van der Waals surface area contributed by atoms with Crippen molar-refractivity contribution in [2.45, 2.75) is 0 Å². The van der Waals surface area contributed by atoms with Crippen molar-refractivity contribution in [3.8, 4) is 0 Å². The van der Waals surface area contributed by atoms with Gasteiger partial charge in [0.1, 0.15) is 0 Å². The van der Waals surface area contributed by atoms with Crippen LogP contribution in [0.2, 0.25) is 5.02 Å². The van der Waals surface area contributed by atoms with E-state index in [1.165, 1.54) is 12.6 Å². The van der Waals surface area contributed by atoms with Crippen molar-refractivity contribution in [2.24, 2.45) is 0 Å². The maximum absolute atomic E-state index is 5.91. The van der Waals surface area contributed by atoms with E-state index in [0.717, 1.165) is 10.5 Å². The van der Waals surface area contributed by atoms with E-state index >= 15 is 0 Å². The van der Waals surface area contributed by atoms with E-state index in [-0.39, 0.29) is 0 Å². The van der Waals surface area contributed by atoms with E-state index < -0.39 is 20.9 Å². The molecule has 3 heteroatoms. The van der Waals surface area contributed by atoms with Crippen LogP contribution in [-0.4, -0.2) is 25.9 Å². The molecule has 1 aromatic heterocycles. The predicted molar refractivity (Wildman–Crippen MR) is 78.2 cm³/mol. The van der Waals surface area contributed by atoms with Crippen molar-refractivity contribution in [3.63, 3.8) is 0 Å². The monoisotopic (exact) mass is 369 g/mol. The third kappa shape index (κ3) is 2.52. The first-order valence-corrected chi connectivity index (χ1v) is 8.31. The Bertz CT molecular complexity index is 674. The summed E-state index contributed by atoms with van der Waals surface area (Å²) in [6.45, 7) is 0. The summed E-state index contributed by atoms with van der Waals surface area (Å²) in [5, 5.41) is 2.01. The molecule has 0 spiro atoms. The summed E-state index contributed by atoms with van der Waals surface area (Å²) in [6, 6.07) is 18.7. The number of fused-ring (bicyclic) bond motifs is 1. The Morgan fingerprint density at radius 3 is 2.50 bits per heavy atom. The Hall–Kier alpha value is -1.07. The number of nitrogens with zero attached hydrogens (tertiary/aromatic N) is 1. The van der Waals surface area contributed by atoms with Gasteiger partial charge in [-0.1, -0.05) is 0 Å². The standard InChI is InChI=1S/C15H10ClNTe/c16-12-6-8-13(9-7-12)18-14-5-1-3-11-4-2-10-17-15(11)14/h1-10H. The van der Waals surface area contributed by atoms with Gasteiger partial charge < -0.3 is 0 Å². The number of aromatic nitrogens is 1. The molecule has 0 unspecified atom stereocenters. The zero-order chi connectivity index (χ0) is 12.4. The van der Waals surface area contributed by atoms with Crippen molar-refractivity contribution in [1.29, 1.82) is 0 Å². The van der Waals surface area contributed by atoms with Gasteiger partial charge in [0, 0.05) is 0 Å². The molecule has 0 N–H and O–H groups in total. The van der Waals surface area contributed by atoms with Gasteiger partial charge in [-0.3, -0.25) is 0 Å². The Morgan fingerprint density at radius 2 is 1.67 bits per heavy atom. The van der Waals surface area contributed by atoms with Crippen LogP contribution in [0, 0.1) is 0 Å². The van der Waals surface area contributed by atoms with E-state index in [1.54, 1.807) is 0 Å². The first-order chi connectivity index (χ1) is 8.83. The number of pyridine rings is 1. The zero-order valence-electron chi connectivity index (χ0n) is 9.51. The van der Waals surface area contributed by atoms with Gasteiger partial charge in [0.05, 0.1) is 0 Å². The molecule has 0 aliphatic heterocycles. The SMILES string of the molecule is Clc1ccc([Te]c2cccc3cccnc23)cc1. The Labute approximate surface area is 121 Å². The number of rotatable bonds is 2. The molecule has 0 fully saturated rings. The van der Waals surface area contributed by atoms with Crippen LogP contribution in [0.1, 0.15) is 0 Å². The molecule has 0 saturated heterocycles. The van der Waals surface area contributed by atoms with Crippen LogP contribution < -0.4 is 7.22 Å². The van der Waals surface area contributed by atoms with Crippen molar-refractivity contribution in [3.05, 3.63) is 65.8 Å². The molecule has 0 radical (unpaired) electrons. The predicted octanol–water partition coefficient (Wildman–Crippen LogP) is 2.54. The molecule has 0 amide bonds. The fourth-order valence-electron chi connectivity index (χ4n) is 1.79. The molecule has 0 bridgehead atoms. The van der Waals surface area contributed by atoms with Gasteiger partial charge in [-0.05, 0) is 0 Å². The number of benzene rings is 2. The van der Waals surface area contributed by atoms with Gasteiger partial charge in [0.25, 0.3) is 0 Å². The maximum atomic E-state index is 5.91. The third-order valence-electron chi connectivity index (χ3n) is 2.64. The Kier molecular flexibility index (Phi) is 3.52. The van der Waals surface area contributed by atoms with Crippen molar-refractivity contribution in [1.82, 2.24) is 4.98 Å². The molecule has 2 aromatic carbocycles. The second kappa shape index (κ2) is 5.28. The van der Waals surface area contributed by atoms with E-state index in [4.69, 9.17) is 11.6 Å². The van der Waals surface area contributed by atoms with Gasteiger partial charge in [-0.25, -0.2) is 0 Å². The number of hydrogen-bond acceptors (Lipinski definition) is 1. The first kappa shape index (κ1) is 12.0. The second-order valence-corrected chi connectivity index (χ2v) is 7.51. The van der Waals surface area contributed by atoms with Gasteiger partial charge in [0.2, 0.25) is 0 Å². The third-order valence-corrected chi connectivity index (χ3v) is 5.91. The molecule has 3 aromatic rings. The van der Waals surface area contributed by atoms with E-state index in [9.17, 15) is 0 Å². The van der Waals surface area contributed by atoms with Gasteiger partial charge in [-0.2, -0.15) is 0 Å². The normalized spacial score (nSPS) is 10.7. The number of hydrogen-bond donors (Lipinski definition) is 0. The average molecular weight is 367 g/mol. The summed E-state index contributed by atoms with van der Waals surface area (Å²) in [5.41, 5.74) is 1.14. The fraction of sp³-hybridized carbons (Fsp3) is 0. The van der Waals surface area contributed by atoms with Gasteiger partial charge in [-0.15, -0.1) is 0 Å². The Morgan fingerprint density at radius 1 is 0.889 bits per heavy atom. The molecular formula is C15H10ClNTe. The minimum atomic E-state index is -0.405. The first-order valence-electron chi connectivity index (χ1n) is 5.60. The summed E-state index contributed by atoms with van der Waals surface area (Å²) in [5.74, 6) is 0. The van der Waals surface area contributed by atoms with Crippen LogP contribution in [0.15, 0.2) is 60.8 Å². The molecular weight excluding hydrogens is 357 g/mol. The molecule has 1 heterocycles. The quantitative estimate of drug-likeness (QED) is 0.635.